The maximum Gasteiger partial charge on any atom is 0.328 e. The van der Waals surface area contributed by atoms with Gasteiger partial charge in [0.05, 0.1) is 5.56 Å². The molecule has 104 valence electrons. The summed E-state index contributed by atoms with van der Waals surface area (Å²) in [6.07, 6.45) is 1.57. The average molecular weight is 329 g/mol. The molecule has 1 amide bonds. The fourth-order valence-corrected chi connectivity index (χ4v) is 1.71. The number of carbonyl (C=O) groups excluding carboxylic acids is 2. The summed E-state index contributed by atoms with van der Waals surface area (Å²) < 4.78 is 5.62. The largest absolute Gasteiger partial charge is 0.458 e. The molecule has 0 fully saturated rings. The topological polar surface area (TPSA) is 68.3 Å². The number of ether oxygens (including phenoxy) is 1. The van der Waals surface area contributed by atoms with Crippen LogP contribution in [0.4, 0.5) is 0 Å². The van der Waals surface area contributed by atoms with Crippen LogP contribution in [0.25, 0.3) is 0 Å². The van der Waals surface area contributed by atoms with E-state index >= 15 is 0 Å². The predicted molar refractivity (Wildman–Crippen MR) is 74.7 cm³/mol. The highest BCUT2D eigenvalue weighted by Gasteiger charge is 2.23. The number of aromatic nitrogens is 1. The number of rotatable bonds is 3. The van der Waals surface area contributed by atoms with E-state index in [0.29, 0.717) is 10.2 Å². The van der Waals surface area contributed by atoms with Gasteiger partial charge in [0.2, 0.25) is 0 Å². The minimum absolute atomic E-state index is 0.373. The molecule has 1 rings (SSSR count). The number of pyridine rings is 1. The lowest BCUT2D eigenvalue weighted by Gasteiger charge is -2.22. The quantitative estimate of drug-likeness (QED) is 0.682. The van der Waals surface area contributed by atoms with Crippen LogP contribution < -0.4 is 5.32 Å². The van der Waals surface area contributed by atoms with Crippen LogP contribution in [0.5, 0.6) is 0 Å². The second kappa shape index (κ2) is 6.14. The van der Waals surface area contributed by atoms with Crippen molar-refractivity contribution < 1.29 is 14.3 Å². The summed E-state index contributed by atoms with van der Waals surface area (Å²) in [4.78, 5) is 27.7. The molecule has 0 saturated heterocycles. The van der Waals surface area contributed by atoms with Gasteiger partial charge in [-0.1, -0.05) is 0 Å². The monoisotopic (exact) mass is 328 g/mol. The van der Waals surface area contributed by atoms with Crippen LogP contribution >= 0.6 is 15.9 Å². The van der Waals surface area contributed by atoms with Crippen LogP contribution in [0.1, 0.15) is 38.1 Å². The lowest BCUT2D eigenvalue weighted by molar-refractivity contribution is -0.156. The Bertz CT molecular complexity index is 483. The molecule has 19 heavy (non-hydrogen) atoms. The van der Waals surface area contributed by atoms with Gasteiger partial charge in [-0.05, 0) is 55.8 Å². The molecule has 0 radical (unpaired) electrons. The van der Waals surface area contributed by atoms with E-state index < -0.39 is 17.6 Å². The zero-order chi connectivity index (χ0) is 14.6. The minimum atomic E-state index is -0.723. The number of hydrogen-bond donors (Lipinski definition) is 1. The van der Waals surface area contributed by atoms with Gasteiger partial charge in [-0.2, -0.15) is 0 Å². The Balaban J connectivity index is 2.67. The smallest absolute Gasteiger partial charge is 0.328 e. The Morgan fingerprint density at radius 1 is 1.42 bits per heavy atom. The van der Waals surface area contributed by atoms with Crippen molar-refractivity contribution >= 4 is 27.8 Å². The van der Waals surface area contributed by atoms with Gasteiger partial charge in [0.25, 0.3) is 5.91 Å². The molecule has 0 unspecified atom stereocenters. The fraction of sp³-hybridized carbons (Fsp3) is 0.462. The van der Waals surface area contributed by atoms with Gasteiger partial charge in [0, 0.05) is 6.20 Å². The average Bonchev–Trinajstić information content (AvgIpc) is 2.27. The van der Waals surface area contributed by atoms with Crippen LogP contribution in [-0.2, 0) is 9.53 Å². The number of nitrogens with zero attached hydrogens (tertiary/aromatic N) is 1. The van der Waals surface area contributed by atoms with Crippen LogP contribution in [0.3, 0.4) is 0 Å². The Kier molecular flexibility index (Phi) is 5.05. The van der Waals surface area contributed by atoms with Crippen molar-refractivity contribution in [1.29, 1.82) is 0 Å². The van der Waals surface area contributed by atoms with E-state index in [-0.39, 0.29) is 5.91 Å². The Morgan fingerprint density at radius 3 is 2.58 bits per heavy atom. The Labute approximate surface area is 120 Å². The van der Waals surface area contributed by atoms with Gasteiger partial charge in [-0.25, -0.2) is 9.78 Å². The van der Waals surface area contributed by atoms with Gasteiger partial charge in [0.1, 0.15) is 16.2 Å². The standard InChI is InChI=1S/C13H17BrN2O3/c1-8(12(18)19-13(2,3)4)16-11(17)9-6-5-7-15-10(9)14/h5-8H,1-4H3,(H,16,17)/t8-/m0/s1. The zero-order valence-corrected chi connectivity index (χ0v) is 12.9. The first-order valence-electron chi connectivity index (χ1n) is 5.85. The molecule has 0 aliphatic heterocycles. The predicted octanol–water partition coefficient (Wildman–Crippen LogP) is 2.30. The van der Waals surface area contributed by atoms with Crippen molar-refractivity contribution in [1.82, 2.24) is 10.3 Å². The first kappa shape index (κ1) is 15.6. The van der Waals surface area contributed by atoms with Gasteiger partial charge in [-0.15, -0.1) is 0 Å². The summed E-state index contributed by atoms with van der Waals surface area (Å²) in [7, 11) is 0. The summed E-state index contributed by atoms with van der Waals surface area (Å²) in [5, 5.41) is 2.58. The number of esters is 1. The second-order valence-electron chi connectivity index (χ2n) is 5.07. The van der Waals surface area contributed by atoms with E-state index in [4.69, 9.17) is 4.74 Å². The lowest BCUT2D eigenvalue weighted by Crippen LogP contribution is -2.42. The van der Waals surface area contributed by atoms with Crippen molar-refractivity contribution in [2.75, 3.05) is 0 Å². The summed E-state index contributed by atoms with van der Waals surface area (Å²) in [6, 6.07) is 2.55. The van der Waals surface area contributed by atoms with Gasteiger partial charge in [0.15, 0.2) is 0 Å². The van der Waals surface area contributed by atoms with E-state index in [0.717, 1.165) is 0 Å². The Morgan fingerprint density at radius 2 is 2.05 bits per heavy atom. The van der Waals surface area contributed by atoms with Crippen molar-refractivity contribution in [3.05, 3.63) is 28.5 Å². The number of nitrogens with one attached hydrogen (secondary N) is 1. The molecule has 0 aromatic carbocycles. The Hall–Kier alpha value is -1.43. The number of carbonyl (C=O) groups is 2. The molecule has 0 saturated carbocycles. The molecular weight excluding hydrogens is 312 g/mol. The molecule has 1 heterocycles. The molecule has 0 bridgehead atoms. The van der Waals surface area contributed by atoms with E-state index in [1.807, 2.05) is 0 Å². The molecule has 0 spiro atoms. The summed E-state index contributed by atoms with van der Waals surface area (Å²) in [6.45, 7) is 6.90. The van der Waals surface area contributed by atoms with Gasteiger partial charge >= 0.3 is 5.97 Å². The molecule has 1 atom stereocenters. The van der Waals surface area contributed by atoms with Gasteiger partial charge < -0.3 is 10.1 Å². The summed E-state index contributed by atoms with van der Waals surface area (Å²) >= 11 is 3.18. The maximum atomic E-state index is 12.0. The number of amides is 1. The van der Waals surface area contributed by atoms with Crippen LogP contribution in [0.15, 0.2) is 22.9 Å². The normalized spacial score (nSPS) is 12.7. The first-order valence-corrected chi connectivity index (χ1v) is 6.64. The van der Waals surface area contributed by atoms with Crippen molar-refractivity contribution in [3.8, 4) is 0 Å². The van der Waals surface area contributed by atoms with Crippen LogP contribution in [0.2, 0.25) is 0 Å². The highest BCUT2D eigenvalue weighted by molar-refractivity contribution is 9.10. The zero-order valence-electron chi connectivity index (χ0n) is 11.4. The van der Waals surface area contributed by atoms with Crippen molar-refractivity contribution in [2.24, 2.45) is 0 Å². The fourth-order valence-electron chi connectivity index (χ4n) is 1.28. The molecule has 1 aromatic heterocycles. The number of halogens is 1. The van der Waals surface area contributed by atoms with E-state index in [1.165, 1.54) is 0 Å². The summed E-state index contributed by atoms with van der Waals surface area (Å²) in [5.74, 6) is -0.848. The number of hydrogen-bond acceptors (Lipinski definition) is 4. The third-order valence-corrected chi connectivity index (χ3v) is 2.74. The first-order chi connectivity index (χ1) is 8.70. The van der Waals surface area contributed by atoms with E-state index in [1.54, 1.807) is 46.0 Å². The molecule has 5 nitrogen and oxygen atoms in total. The van der Waals surface area contributed by atoms with Crippen LogP contribution in [-0.4, -0.2) is 28.5 Å². The minimum Gasteiger partial charge on any atom is -0.458 e. The third kappa shape index (κ3) is 4.98. The maximum absolute atomic E-state index is 12.0. The third-order valence-electron chi connectivity index (χ3n) is 2.11. The molecule has 6 heteroatoms. The molecule has 1 N–H and O–H groups in total. The highest BCUT2D eigenvalue weighted by Crippen LogP contribution is 2.13. The highest BCUT2D eigenvalue weighted by atomic mass is 79.9. The molecular formula is C13H17BrN2O3. The molecule has 1 aromatic rings. The molecule has 0 aliphatic rings. The van der Waals surface area contributed by atoms with Gasteiger partial charge in [-0.3, -0.25) is 4.79 Å². The summed E-state index contributed by atoms with van der Waals surface area (Å²) in [5.41, 5.74) is -0.205. The SMILES string of the molecule is C[C@H](NC(=O)c1cccnc1Br)C(=O)OC(C)(C)C. The van der Waals surface area contributed by atoms with Crippen molar-refractivity contribution in [3.63, 3.8) is 0 Å². The van der Waals surface area contributed by atoms with Crippen LogP contribution in [0, 0.1) is 0 Å². The second-order valence-corrected chi connectivity index (χ2v) is 5.82. The lowest BCUT2D eigenvalue weighted by atomic mass is 10.2. The van der Waals surface area contributed by atoms with Crippen molar-refractivity contribution in [2.45, 2.75) is 39.3 Å². The molecule has 0 aliphatic carbocycles. The van der Waals surface area contributed by atoms with E-state index in [2.05, 4.69) is 26.2 Å². The van der Waals surface area contributed by atoms with E-state index in [9.17, 15) is 9.59 Å².